The fourth-order valence-corrected chi connectivity index (χ4v) is 4.32. The molecule has 2 aromatic carbocycles. The standard InChI is InChI=1S/C19H14Cl2N2O3S/c20-12-5-6-13-15(7-12)19(14-3-1-2-4-16(14)21)23-9-11-8-22-17(18(11)13)10-27(24,25)26/h1-8,22H,9-10H2,(H,24,25,26). The van der Waals surface area contributed by atoms with E-state index in [0.29, 0.717) is 33.6 Å². The van der Waals surface area contributed by atoms with Crippen LogP contribution in [-0.2, 0) is 22.4 Å². The first-order valence-electron chi connectivity index (χ1n) is 8.07. The Morgan fingerprint density at radius 1 is 1.07 bits per heavy atom. The maximum atomic E-state index is 11.4. The molecular formula is C19H14Cl2N2O3S. The Labute approximate surface area is 166 Å². The Hall–Kier alpha value is -2.12. The number of H-pyrrole nitrogens is 1. The minimum atomic E-state index is -4.19. The summed E-state index contributed by atoms with van der Waals surface area (Å²) in [5.41, 5.74) is 4.95. The van der Waals surface area contributed by atoms with Crippen molar-refractivity contribution in [3.05, 3.63) is 81.1 Å². The summed E-state index contributed by atoms with van der Waals surface area (Å²) in [7, 11) is -4.19. The van der Waals surface area contributed by atoms with Gasteiger partial charge in [-0.25, -0.2) is 0 Å². The average Bonchev–Trinajstić information content (AvgIpc) is 2.89. The van der Waals surface area contributed by atoms with Gasteiger partial charge in [0.2, 0.25) is 0 Å². The van der Waals surface area contributed by atoms with Crippen LogP contribution >= 0.6 is 23.2 Å². The summed E-state index contributed by atoms with van der Waals surface area (Å²) in [6.45, 7) is 0.337. The van der Waals surface area contributed by atoms with Gasteiger partial charge >= 0.3 is 0 Å². The molecule has 0 saturated heterocycles. The van der Waals surface area contributed by atoms with Crippen molar-refractivity contribution in [2.75, 3.05) is 0 Å². The van der Waals surface area contributed by atoms with Gasteiger partial charge < -0.3 is 4.98 Å². The SMILES string of the molecule is O=S(=O)(O)Cc1[nH]cc2c1-c1ccc(Cl)cc1C(c1ccccc1Cl)=NC2. The first kappa shape index (κ1) is 18.3. The number of rotatable bonds is 3. The maximum absolute atomic E-state index is 11.4. The highest BCUT2D eigenvalue weighted by molar-refractivity contribution is 7.85. The van der Waals surface area contributed by atoms with Crippen molar-refractivity contribution in [3.8, 4) is 11.1 Å². The highest BCUT2D eigenvalue weighted by Gasteiger charge is 2.25. The summed E-state index contributed by atoms with van der Waals surface area (Å²) in [4.78, 5) is 7.68. The second-order valence-corrected chi connectivity index (χ2v) is 8.52. The van der Waals surface area contributed by atoms with Crippen LogP contribution in [0.25, 0.3) is 11.1 Å². The average molecular weight is 421 g/mol. The Balaban J connectivity index is 1.97. The third-order valence-electron chi connectivity index (χ3n) is 4.41. The van der Waals surface area contributed by atoms with Crippen LogP contribution in [0.15, 0.2) is 53.7 Å². The number of aromatic amines is 1. The normalized spacial score (nSPS) is 13.5. The van der Waals surface area contributed by atoms with Gasteiger partial charge in [0.05, 0.1) is 12.3 Å². The van der Waals surface area contributed by atoms with Crippen LogP contribution in [0, 0.1) is 0 Å². The smallest absolute Gasteiger partial charge is 0.270 e. The van der Waals surface area contributed by atoms with Crippen LogP contribution < -0.4 is 0 Å². The molecule has 8 heteroatoms. The van der Waals surface area contributed by atoms with E-state index >= 15 is 0 Å². The molecule has 1 aliphatic rings. The number of benzene rings is 2. The molecule has 27 heavy (non-hydrogen) atoms. The summed E-state index contributed by atoms with van der Waals surface area (Å²) in [5.74, 6) is -0.508. The van der Waals surface area contributed by atoms with Crippen molar-refractivity contribution >= 4 is 39.0 Å². The van der Waals surface area contributed by atoms with Crippen LogP contribution in [0.5, 0.6) is 0 Å². The topological polar surface area (TPSA) is 82.5 Å². The van der Waals surface area contributed by atoms with Gasteiger partial charge in [0.25, 0.3) is 10.1 Å². The summed E-state index contributed by atoms with van der Waals surface area (Å²) in [5, 5.41) is 1.09. The molecule has 0 unspecified atom stereocenters. The first-order valence-corrected chi connectivity index (χ1v) is 10.4. The Morgan fingerprint density at radius 3 is 2.59 bits per heavy atom. The highest BCUT2D eigenvalue weighted by Crippen LogP contribution is 2.37. The Morgan fingerprint density at radius 2 is 1.85 bits per heavy atom. The van der Waals surface area contributed by atoms with E-state index in [0.717, 1.165) is 22.3 Å². The van der Waals surface area contributed by atoms with Crippen LogP contribution in [0.3, 0.4) is 0 Å². The van der Waals surface area contributed by atoms with E-state index in [4.69, 9.17) is 28.2 Å². The second kappa shape index (κ2) is 6.80. The van der Waals surface area contributed by atoms with Crippen molar-refractivity contribution < 1.29 is 13.0 Å². The summed E-state index contributed by atoms with van der Waals surface area (Å²) in [6.07, 6.45) is 1.72. The van der Waals surface area contributed by atoms with E-state index in [-0.39, 0.29) is 0 Å². The number of hydrogen-bond acceptors (Lipinski definition) is 3. The van der Waals surface area contributed by atoms with E-state index in [1.165, 1.54) is 0 Å². The van der Waals surface area contributed by atoms with Crippen molar-refractivity contribution in [2.24, 2.45) is 4.99 Å². The minimum absolute atomic E-state index is 0.337. The maximum Gasteiger partial charge on any atom is 0.270 e. The van der Waals surface area contributed by atoms with Gasteiger partial charge in [-0.15, -0.1) is 0 Å². The van der Waals surface area contributed by atoms with Crippen LogP contribution in [0.1, 0.15) is 22.4 Å². The van der Waals surface area contributed by atoms with E-state index in [1.807, 2.05) is 24.3 Å². The third kappa shape index (κ3) is 3.53. The number of halogens is 2. The van der Waals surface area contributed by atoms with Crippen molar-refractivity contribution in [1.29, 1.82) is 0 Å². The van der Waals surface area contributed by atoms with Gasteiger partial charge in [-0.3, -0.25) is 9.55 Å². The number of aliphatic imine (C=N–C) groups is 1. The Kier molecular flexibility index (Phi) is 4.60. The molecule has 5 nitrogen and oxygen atoms in total. The molecule has 0 bridgehead atoms. The monoisotopic (exact) mass is 420 g/mol. The lowest BCUT2D eigenvalue weighted by Gasteiger charge is -2.13. The molecule has 0 atom stereocenters. The number of hydrogen-bond donors (Lipinski definition) is 2. The molecule has 1 aliphatic heterocycles. The van der Waals surface area contributed by atoms with Gasteiger partial charge in [-0.05, 0) is 29.3 Å². The first-order chi connectivity index (χ1) is 12.8. The molecule has 0 fully saturated rings. The second-order valence-electron chi connectivity index (χ2n) is 6.23. The lowest BCUT2D eigenvalue weighted by atomic mass is 9.93. The van der Waals surface area contributed by atoms with Gasteiger partial charge in [0, 0.05) is 38.6 Å². The number of aromatic nitrogens is 1. The molecule has 0 radical (unpaired) electrons. The number of nitrogens with one attached hydrogen (secondary N) is 1. The van der Waals surface area contributed by atoms with Crippen LogP contribution in [0.2, 0.25) is 10.0 Å². The third-order valence-corrected chi connectivity index (χ3v) is 5.63. The van der Waals surface area contributed by atoms with Crippen LogP contribution in [0.4, 0.5) is 0 Å². The summed E-state index contributed by atoms with van der Waals surface area (Å²) in [6, 6.07) is 12.8. The molecule has 2 heterocycles. The molecule has 1 aromatic heterocycles. The largest absolute Gasteiger partial charge is 0.363 e. The van der Waals surface area contributed by atoms with Gasteiger partial charge in [-0.1, -0.05) is 47.5 Å². The molecule has 0 saturated carbocycles. The van der Waals surface area contributed by atoms with E-state index in [1.54, 1.807) is 24.4 Å². The molecule has 138 valence electrons. The van der Waals surface area contributed by atoms with Gasteiger partial charge in [0.1, 0.15) is 5.75 Å². The zero-order chi connectivity index (χ0) is 19.2. The lowest BCUT2D eigenvalue weighted by molar-refractivity contribution is 0.481. The summed E-state index contributed by atoms with van der Waals surface area (Å²) < 4.78 is 32.2. The zero-order valence-corrected chi connectivity index (χ0v) is 16.2. The van der Waals surface area contributed by atoms with Gasteiger partial charge in [0.15, 0.2) is 0 Å². The molecule has 4 rings (SSSR count). The van der Waals surface area contributed by atoms with E-state index in [2.05, 4.69) is 4.98 Å². The molecule has 2 N–H and O–H groups in total. The lowest BCUT2D eigenvalue weighted by Crippen LogP contribution is -2.07. The molecular weight excluding hydrogens is 407 g/mol. The van der Waals surface area contributed by atoms with Crippen molar-refractivity contribution in [1.82, 2.24) is 4.98 Å². The molecule has 3 aromatic rings. The predicted molar refractivity (Wildman–Crippen MR) is 107 cm³/mol. The van der Waals surface area contributed by atoms with E-state index < -0.39 is 15.9 Å². The van der Waals surface area contributed by atoms with Crippen LogP contribution in [-0.4, -0.2) is 23.7 Å². The van der Waals surface area contributed by atoms with E-state index in [9.17, 15) is 13.0 Å². The quantitative estimate of drug-likeness (QED) is 0.600. The Bertz CT molecular complexity index is 1180. The van der Waals surface area contributed by atoms with Crippen molar-refractivity contribution in [2.45, 2.75) is 12.3 Å². The minimum Gasteiger partial charge on any atom is -0.363 e. The highest BCUT2D eigenvalue weighted by atomic mass is 35.5. The fourth-order valence-electron chi connectivity index (χ4n) is 3.33. The predicted octanol–water partition coefficient (Wildman–Crippen LogP) is 4.73. The molecule has 0 amide bonds. The van der Waals surface area contributed by atoms with Crippen molar-refractivity contribution in [3.63, 3.8) is 0 Å². The summed E-state index contributed by atoms with van der Waals surface area (Å²) >= 11 is 12.6. The van der Waals surface area contributed by atoms with Gasteiger partial charge in [-0.2, -0.15) is 8.42 Å². The fraction of sp³-hybridized carbons (Fsp3) is 0.105. The number of fused-ring (bicyclic) bond motifs is 3. The molecule has 0 aliphatic carbocycles. The number of nitrogens with zero attached hydrogens (tertiary/aromatic N) is 1. The zero-order valence-electron chi connectivity index (χ0n) is 13.9. The molecule has 0 spiro atoms.